The summed E-state index contributed by atoms with van der Waals surface area (Å²) in [6, 6.07) is 13.6. The van der Waals surface area contributed by atoms with Crippen molar-refractivity contribution in [3.63, 3.8) is 0 Å². The van der Waals surface area contributed by atoms with Crippen LogP contribution in [0.5, 0.6) is 11.5 Å². The highest BCUT2D eigenvalue weighted by atomic mass is 32.2. The number of carbonyl (C=O) groups is 1. The topological polar surface area (TPSA) is 124 Å². The molecule has 2 N–H and O–H groups in total. The number of sulfonamides is 1. The molecule has 0 spiro atoms. The summed E-state index contributed by atoms with van der Waals surface area (Å²) in [5.41, 5.74) is 0.976. The molecule has 11 heteroatoms. The monoisotopic (exact) mass is 560 g/mol. The number of methoxy groups -OCH3 is 2. The predicted octanol–water partition coefficient (Wildman–Crippen LogP) is 2.64. The highest BCUT2D eigenvalue weighted by molar-refractivity contribution is 7.89. The van der Waals surface area contributed by atoms with Gasteiger partial charge in [0.25, 0.3) is 5.91 Å². The first-order valence-electron chi connectivity index (χ1n) is 13.0. The summed E-state index contributed by atoms with van der Waals surface area (Å²) in [5.74, 6) is 1.54. The van der Waals surface area contributed by atoms with Crippen LogP contribution in [0.4, 0.5) is 0 Å². The van der Waals surface area contributed by atoms with Gasteiger partial charge in [-0.25, -0.2) is 8.42 Å². The van der Waals surface area contributed by atoms with E-state index >= 15 is 0 Å². The Bertz CT molecular complexity index is 1230. The average Bonchev–Trinajstić information content (AvgIpc) is 3.80. The quantitative estimate of drug-likeness (QED) is 0.362. The largest absolute Gasteiger partial charge is 0.497 e. The van der Waals surface area contributed by atoms with E-state index in [1.807, 2.05) is 24.3 Å². The number of nitrogens with zero attached hydrogens (tertiary/aromatic N) is 1. The highest BCUT2D eigenvalue weighted by Gasteiger charge is 2.31. The third kappa shape index (κ3) is 7.72. The second-order valence-electron chi connectivity index (χ2n) is 9.52. The lowest BCUT2D eigenvalue weighted by Crippen LogP contribution is -2.38. The van der Waals surface area contributed by atoms with Gasteiger partial charge in [-0.3, -0.25) is 4.79 Å². The molecule has 1 aliphatic heterocycles. The van der Waals surface area contributed by atoms with Crippen LogP contribution < -0.4 is 14.8 Å². The van der Waals surface area contributed by atoms with Gasteiger partial charge in [0.1, 0.15) is 11.5 Å². The molecule has 4 rings (SSSR count). The predicted molar refractivity (Wildman–Crippen MR) is 144 cm³/mol. The van der Waals surface area contributed by atoms with Crippen molar-refractivity contribution in [1.29, 1.82) is 0 Å². The molecule has 0 bridgehead atoms. The molecule has 2 aliphatic rings. The van der Waals surface area contributed by atoms with Gasteiger partial charge in [0.05, 0.1) is 32.3 Å². The summed E-state index contributed by atoms with van der Waals surface area (Å²) in [4.78, 5) is 12.9. The van der Waals surface area contributed by atoms with Crippen molar-refractivity contribution in [2.24, 2.45) is 5.92 Å². The Morgan fingerprint density at radius 2 is 1.67 bits per heavy atom. The molecule has 39 heavy (non-hydrogen) atoms. The zero-order valence-corrected chi connectivity index (χ0v) is 23.1. The Morgan fingerprint density at radius 3 is 2.26 bits per heavy atom. The maximum atomic E-state index is 13.2. The summed E-state index contributed by atoms with van der Waals surface area (Å²) >= 11 is 0. The second kappa shape index (κ2) is 13.3. The highest BCUT2D eigenvalue weighted by Crippen LogP contribution is 2.33. The maximum Gasteiger partial charge on any atom is 0.286 e. The summed E-state index contributed by atoms with van der Waals surface area (Å²) in [6.07, 6.45) is 3.71. The van der Waals surface area contributed by atoms with Crippen LogP contribution in [0.1, 0.15) is 30.7 Å². The standard InChI is InChI=1S/C28H36N2O8S/c1-35-23-7-5-21(6-8-23)22-17-26(28(32)29-19-20-3-4-20)38-27(18-22)37-16-14-30(13-15-31)39(33,34)25-11-9-24(36-2)10-12-25/h5-12,17,20,22,27,31H,3-4,13-16,18-19H2,1-2H3,(H,29,32)/t22-,27+/m0/s1. The number of rotatable bonds is 14. The van der Waals surface area contributed by atoms with Crippen molar-refractivity contribution in [3.05, 3.63) is 65.9 Å². The molecule has 0 radical (unpaired) electrons. The molecule has 10 nitrogen and oxygen atoms in total. The Morgan fingerprint density at radius 1 is 1.03 bits per heavy atom. The number of hydrogen-bond acceptors (Lipinski definition) is 8. The molecule has 2 aromatic rings. The molecular formula is C28H36N2O8S. The van der Waals surface area contributed by atoms with Crippen molar-refractivity contribution in [2.45, 2.75) is 36.4 Å². The maximum absolute atomic E-state index is 13.2. The van der Waals surface area contributed by atoms with Crippen LogP contribution in [0.2, 0.25) is 0 Å². The lowest BCUT2D eigenvalue weighted by Gasteiger charge is -2.30. The van der Waals surface area contributed by atoms with Crippen molar-refractivity contribution in [3.8, 4) is 11.5 Å². The number of hydrogen-bond donors (Lipinski definition) is 2. The van der Waals surface area contributed by atoms with Gasteiger partial charge in [0.15, 0.2) is 5.76 Å². The van der Waals surface area contributed by atoms with Gasteiger partial charge in [-0.05, 0) is 66.8 Å². The van der Waals surface area contributed by atoms with E-state index < -0.39 is 16.3 Å². The van der Waals surface area contributed by atoms with E-state index in [0.717, 1.165) is 28.5 Å². The van der Waals surface area contributed by atoms with Gasteiger partial charge in [-0.2, -0.15) is 4.31 Å². The zero-order chi connectivity index (χ0) is 27.8. The SMILES string of the molecule is COc1ccc([C@H]2C=C(C(=O)NCC3CC3)O[C@@H](OCCN(CCO)S(=O)(=O)c3ccc(OC)cc3)C2)cc1. The van der Waals surface area contributed by atoms with Gasteiger partial charge < -0.3 is 29.4 Å². The van der Waals surface area contributed by atoms with Crippen LogP contribution in [0.25, 0.3) is 0 Å². The first kappa shape index (κ1) is 28.9. The normalized spacial score (nSPS) is 19.2. The fraction of sp³-hybridized carbons (Fsp3) is 0.464. The fourth-order valence-corrected chi connectivity index (χ4v) is 5.71. The fourth-order valence-electron chi connectivity index (χ4n) is 4.29. The Labute approximate surface area is 229 Å². The molecular weight excluding hydrogens is 524 g/mol. The Balaban J connectivity index is 1.43. The van der Waals surface area contributed by atoms with Crippen molar-refractivity contribution >= 4 is 15.9 Å². The van der Waals surface area contributed by atoms with E-state index in [2.05, 4.69) is 5.32 Å². The minimum absolute atomic E-state index is 0.00505. The van der Waals surface area contributed by atoms with Crippen LogP contribution in [0.3, 0.4) is 0 Å². The number of aliphatic hydroxyl groups is 1. The van der Waals surface area contributed by atoms with Crippen LogP contribution >= 0.6 is 0 Å². The average molecular weight is 561 g/mol. The lowest BCUT2D eigenvalue weighted by molar-refractivity contribution is -0.146. The first-order chi connectivity index (χ1) is 18.8. The Hall–Kier alpha value is -3.12. The van der Waals surface area contributed by atoms with E-state index in [4.69, 9.17) is 18.9 Å². The van der Waals surface area contributed by atoms with Gasteiger partial charge >= 0.3 is 0 Å². The number of nitrogens with one attached hydrogen (secondary N) is 1. The molecule has 0 unspecified atom stereocenters. The molecule has 1 heterocycles. The number of benzene rings is 2. The molecule has 0 aromatic heterocycles. The third-order valence-corrected chi connectivity index (χ3v) is 8.68. The number of ether oxygens (including phenoxy) is 4. The molecule has 1 aliphatic carbocycles. The van der Waals surface area contributed by atoms with Crippen LogP contribution in [0, 0.1) is 5.92 Å². The third-order valence-electron chi connectivity index (χ3n) is 6.76. The minimum atomic E-state index is -3.88. The van der Waals surface area contributed by atoms with Gasteiger partial charge in [-0.15, -0.1) is 0 Å². The molecule has 1 saturated carbocycles. The summed E-state index contributed by atoms with van der Waals surface area (Å²) < 4.78 is 49.8. The molecule has 2 atom stereocenters. The van der Waals surface area contributed by atoms with E-state index in [0.29, 0.717) is 24.6 Å². The van der Waals surface area contributed by atoms with Crippen LogP contribution in [-0.2, 0) is 24.3 Å². The number of amides is 1. The zero-order valence-electron chi connectivity index (χ0n) is 22.2. The second-order valence-corrected chi connectivity index (χ2v) is 11.5. The van der Waals surface area contributed by atoms with Crippen molar-refractivity contribution in [1.82, 2.24) is 9.62 Å². The van der Waals surface area contributed by atoms with Crippen LogP contribution in [0.15, 0.2) is 65.3 Å². The van der Waals surface area contributed by atoms with Gasteiger partial charge in [0.2, 0.25) is 16.3 Å². The van der Waals surface area contributed by atoms with Gasteiger partial charge in [0, 0.05) is 32.0 Å². The number of carbonyl (C=O) groups excluding carboxylic acids is 1. The minimum Gasteiger partial charge on any atom is -0.497 e. The molecule has 2 aromatic carbocycles. The molecule has 1 fully saturated rings. The molecule has 212 valence electrons. The molecule has 1 amide bonds. The first-order valence-corrected chi connectivity index (χ1v) is 14.5. The summed E-state index contributed by atoms with van der Waals surface area (Å²) in [7, 11) is -0.771. The van der Waals surface area contributed by atoms with Crippen molar-refractivity contribution in [2.75, 3.05) is 47.1 Å². The van der Waals surface area contributed by atoms with E-state index in [1.165, 1.54) is 19.2 Å². The summed E-state index contributed by atoms with van der Waals surface area (Å²) in [5, 5.41) is 12.4. The van der Waals surface area contributed by atoms with E-state index in [-0.39, 0.29) is 48.8 Å². The van der Waals surface area contributed by atoms with E-state index in [9.17, 15) is 18.3 Å². The smallest absolute Gasteiger partial charge is 0.286 e. The van der Waals surface area contributed by atoms with Gasteiger partial charge in [-0.1, -0.05) is 12.1 Å². The van der Waals surface area contributed by atoms with Crippen LogP contribution in [-0.4, -0.2) is 77.1 Å². The Kier molecular flexibility index (Phi) is 9.84. The lowest BCUT2D eigenvalue weighted by atomic mass is 9.93. The van der Waals surface area contributed by atoms with E-state index in [1.54, 1.807) is 25.3 Å². The number of aliphatic hydroxyl groups excluding tert-OH is 1. The molecule has 0 saturated heterocycles. The number of allylic oxidation sites excluding steroid dienone is 1. The summed E-state index contributed by atoms with van der Waals surface area (Å²) in [6.45, 7) is 0.175. The van der Waals surface area contributed by atoms with Crippen molar-refractivity contribution < 1.29 is 37.3 Å².